The molecule has 3 aromatic rings. The maximum absolute atomic E-state index is 11.6. The van der Waals surface area contributed by atoms with Gasteiger partial charge in [-0.25, -0.2) is 0 Å². The Bertz CT molecular complexity index is 894. The maximum atomic E-state index is 11.6. The van der Waals surface area contributed by atoms with E-state index in [1.807, 2.05) is 24.3 Å². The van der Waals surface area contributed by atoms with Crippen LogP contribution in [0, 0.1) is 0 Å². The molecule has 1 aromatic heterocycles. The Morgan fingerprint density at radius 1 is 1.00 bits per heavy atom. The minimum atomic E-state index is -0.0561. The van der Waals surface area contributed by atoms with E-state index in [2.05, 4.69) is 38.9 Å². The van der Waals surface area contributed by atoms with Crippen molar-refractivity contribution >= 4 is 28.7 Å². The zero-order valence-corrected chi connectivity index (χ0v) is 16.0. The van der Waals surface area contributed by atoms with Crippen molar-refractivity contribution in [3.8, 4) is 5.75 Å². The van der Waals surface area contributed by atoms with Crippen LogP contribution in [0.3, 0.4) is 0 Å². The summed E-state index contributed by atoms with van der Waals surface area (Å²) in [5.41, 5.74) is 4.23. The third-order valence-electron chi connectivity index (χ3n) is 3.98. The number of likely N-dealkylation sites (N-methyl/N-ethyl adjacent to an activating group) is 1. The van der Waals surface area contributed by atoms with Gasteiger partial charge in [-0.15, -0.1) is 0 Å². The first kappa shape index (κ1) is 18.3. The lowest BCUT2D eigenvalue weighted by Crippen LogP contribution is -2.27. The number of nitrogens with zero attached hydrogens (tertiary/aromatic N) is 4. The van der Waals surface area contributed by atoms with E-state index in [1.165, 1.54) is 22.2 Å². The number of rotatable bonds is 7. The third-order valence-corrected chi connectivity index (χ3v) is 4.54. The topological polar surface area (TPSA) is 58.6 Å². The van der Waals surface area contributed by atoms with E-state index >= 15 is 0 Å². The summed E-state index contributed by atoms with van der Waals surface area (Å²) < 4.78 is 14.1. The van der Waals surface area contributed by atoms with Gasteiger partial charge in [0.1, 0.15) is 16.8 Å². The fourth-order valence-corrected chi connectivity index (χ4v) is 3.13. The molecule has 26 heavy (non-hydrogen) atoms. The number of benzene rings is 2. The minimum absolute atomic E-state index is 0.0496. The molecule has 136 valence electrons. The van der Waals surface area contributed by atoms with Crippen molar-refractivity contribution in [1.82, 2.24) is 18.5 Å². The van der Waals surface area contributed by atoms with Crippen LogP contribution in [-0.2, 0) is 17.9 Å². The molecule has 6 nitrogen and oxygen atoms in total. The van der Waals surface area contributed by atoms with E-state index < -0.39 is 0 Å². The summed E-state index contributed by atoms with van der Waals surface area (Å²) in [7, 11) is 5.51. The van der Waals surface area contributed by atoms with Gasteiger partial charge in [-0.1, -0.05) is 18.2 Å². The van der Waals surface area contributed by atoms with Crippen LogP contribution in [0.2, 0.25) is 0 Å². The number of hydrogen-bond donors (Lipinski definition) is 0. The third kappa shape index (κ3) is 4.77. The van der Waals surface area contributed by atoms with Crippen LogP contribution < -0.4 is 4.74 Å². The maximum Gasteiger partial charge on any atom is 0.259 e. The average Bonchev–Trinajstić information content (AvgIpc) is 3.07. The fraction of sp³-hybridized carbons (Fsp3) is 0.316. The standard InChI is InChI=1S/C19H22N4O2S/c1-22(2)19(24)13-25-16-6-4-5-14(9-16)11-23(3)12-15-7-8-17-18(10-15)21-26-20-17/h4-10H,11-13H2,1-3H3. The van der Waals surface area contributed by atoms with Gasteiger partial charge in [-0.05, 0) is 42.4 Å². The van der Waals surface area contributed by atoms with Crippen LogP contribution >= 0.6 is 11.7 Å². The highest BCUT2D eigenvalue weighted by molar-refractivity contribution is 7.00. The molecule has 0 aliphatic carbocycles. The molecule has 1 amide bonds. The number of ether oxygens (including phenoxy) is 1. The van der Waals surface area contributed by atoms with Crippen molar-refractivity contribution in [3.05, 3.63) is 53.6 Å². The van der Waals surface area contributed by atoms with Gasteiger partial charge in [0.25, 0.3) is 5.91 Å². The SMILES string of the molecule is CN(Cc1cccc(OCC(=O)N(C)C)c1)Cc1ccc2nsnc2c1. The summed E-state index contributed by atoms with van der Waals surface area (Å²) in [6.07, 6.45) is 0. The quantitative estimate of drug-likeness (QED) is 0.640. The molecule has 0 N–H and O–H groups in total. The number of carbonyl (C=O) groups is 1. The summed E-state index contributed by atoms with van der Waals surface area (Å²) in [5, 5.41) is 0. The lowest BCUT2D eigenvalue weighted by atomic mass is 10.1. The summed E-state index contributed by atoms with van der Waals surface area (Å²) in [5.74, 6) is 0.653. The van der Waals surface area contributed by atoms with Gasteiger partial charge in [0.15, 0.2) is 6.61 Å². The van der Waals surface area contributed by atoms with Crippen LogP contribution in [0.1, 0.15) is 11.1 Å². The number of hydrogen-bond acceptors (Lipinski definition) is 6. The Morgan fingerprint density at radius 2 is 1.73 bits per heavy atom. The Labute approximate surface area is 157 Å². The summed E-state index contributed by atoms with van der Waals surface area (Å²) >= 11 is 1.24. The second-order valence-corrected chi connectivity index (χ2v) is 7.01. The molecular formula is C19H22N4O2S. The molecule has 0 spiro atoms. The van der Waals surface area contributed by atoms with Crippen LogP contribution in [0.5, 0.6) is 5.75 Å². The smallest absolute Gasteiger partial charge is 0.259 e. The molecule has 0 aliphatic heterocycles. The first-order valence-electron chi connectivity index (χ1n) is 8.33. The van der Waals surface area contributed by atoms with Crippen LogP contribution in [0.4, 0.5) is 0 Å². The van der Waals surface area contributed by atoms with E-state index in [9.17, 15) is 4.79 Å². The summed E-state index contributed by atoms with van der Waals surface area (Å²) in [6, 6.07) is 14.0. The predicted molar refractivity (Wildman–Crippen MR) is 103 cm³/mol. The molecule has 1 heterocycles. The van der Waals surface area contributed by atoms with Crippen molar-refractivity contribution in [3.63, 3.8) is 0 Å². The molecule has 0 radical (unpaired) electrons. The van der Waals surface area contributed by atoms with E-state index in [4.69, 9.17) is 4.74 Å². The highest BCUT2D eigenvalue weighted by Crippen LogP contribution is 2.18. The van der Waals surface area contributed by atoms with E-state index in [-0.39, 0.29) is 12.5 Å². The second kappa shape index (κ2) is 8.25. The van der Waals surface area contributed by atoms with Gasteiger partial charge >= 0.3 is 0 Å². The first-order chi connectivity index (χ1) is 12.5. The number of carbonyl (C=O) groups excluding carboxylic acids is 1. The van der Waals surface area contributed by atoms with Crippen LogP contribution in [0.15, 0.2) is 42.5 Å². The largest absolute Gasteiger partial charge is 0.484 e. The molecule has 2 aromatic carbocycles. The zero-order chi connectivity index (χ0) is 18.5. The van der Waals surface area contributed by atoms with E-state index in [1.54, 1.807) is 14.1 Å². The fourth-order valence-electron chi connectivity index (χ4n) is 2.61. The lowest BCUT2D eigenvalue weighted by Gasteiger charge is -2.17. The van der Waals surface area contributed by atoms with Crippen molar-refractivity contribution in [1.29, 1.82) is 0 Å². The Balaban J connectivity index is 1.59. The lowest BCUT2D eigenvalue weighted by molar-refractivity contribution is -0.130. The van der Waals surface area contributed by atoms with E-state index in [0.29, 0.717) is 5.75 Å². The van der Waals surface area contributed by atoms with Crippen molar-refractivity contribution in [2.75, 3.05) is 27.7 Å². The highest BCUT2D eigenvalue weighted by atomic mass is 32.1. The van der Waals surface area contributed by atoms with Crippen molar-refractivity contribution in [2.24, 2.45) is 0 Å². The Kier molecular flexibility index (Phi) is 5.80. The van der Waals surface area contributed by atoms with Crippen molar-refractivity contribution < 1.29 is 9.53 Å². The van der Waals surface area contributed by atoms with Crippen molar-refractivity contribution in [2.45, 2.75) is 13.1 Å². The molecule has 0 fully saturated rings. The molecule has 7 heteroatoms. The molecule has 0 bridgehead atoms. The normalized spacial score (nSPS) is 11.1. The molecule has 0 unspecified atom stereocenters. The Morgan fingerprint density at radius 3 is 2.50 bits per heavy atom. The molecule has 0 aliphatic rings. The van der Waals surface area contributed by atoms with E-state index in [0.717, 1.165) is 29.7 Å². The Hall–Kier alpha value is -2.51. The molecule has 0 saturated carbocycles. The van der Waals surface area contributed by atoms with Gasteiger partial charge < -0.3 is 9.64 Å². The summed E-state index contributed by atoms with van der Waals surface area (Å²) in [6.45, 7) is 1.65. The average molecular weight is 370 g/mol. The number of amides is 1. The summed E-state index contributed by atoms with van der Waals surface area (Å²) in [4.78, 5) is 15.4. The van der Waals surface area contributed by atoms with Crippen LogP contribution in [0.25, 0.3) is 11.0 Å². The molecular weight excluding hydrogens is 348 g/mol. The zero-order valence-electron chi connectivity index (χ0n) is 15.2. The molecule has 3 rings (SSSR count). The van der Waals surface area contributed by atoms with Gasteiger partial charge in [-0.3, -0.25) is 9.69 Å². The molecule has 0 atom stereocenters. The first-order valence-corrected chi connectivity index (χ1v) is 9.06. The number of fused-ring (bicyclic) bond motifs is 1. The van der Waals surface area contributed by atoms with Crippen LogP contribution in [-0.4, -0.2) is 52.2 Å². The van der Waals surface area contributed by atoms with Gasteiger partial charge in [-0.2, -0.15) is 8.75 Å². The monoisotopic (exact) mass is 370 g/mol. The highest BCUT2D eigenvalue weighted by Gasteiger charge is 2.07. The van der Waals surface area contributed by atoms with Gasteiger partial charge in [0.2, 0.25) is 0 Å². The minimum Gasteiger partial charge on any atom is -0.484 e. The van der Waals surface area contributed by atoms with Gasteiger partial charge in [0.05, 0.1) is 11.7 Å². The molecule has 0 saturated heterocycles. The second-order valence-electron chi connectivity index (χ2n) is 6.48. The van der Waals surface area contributed by atoms with Gasteiger partial charge in [0, 0.05) is 27.2 Å². The predicted octanol–water partition coefficient (Wildman–Crippen LogP) is 2.79. The number of aromatic nitrogens is 2.